The molecule has 0 saturated carbocycles. The Hall–Kier alpha value is -0.730. The lowest BCUT2D eigenvalue weighted by Crippen LogP contribution is -2.05. The average Bonchev–Trinajstić information content (AvgIpc) is 2.71. The van der Waals surface area contributed by atoms with Gasteiger partial charge in [0, 0.05) is 8.95 Å². The topological polar surface area (TPSA) is 44.1 Å². The van der Waals surface area contributed by atoms with Gasteiger partial charge in [-0.05, 0) is 66.8 Å². The molecule has 0 spiro atoms. The third-order valence-electron chi connectivity index (χ3n) is 2.40. The van der Waals surface area contributed by atoms with Gasteiger partial charge in [-0.3, -0.25) is 0 Å². The van der Waals surface area contributed by atoms with E-state index in [0.29, 0.717) is 24.8 Å². The van der Waals surface area contributed by atoms with E-state index < -0.39 is 5.97 Å². The Labute approximate surface area is 139 Å². The average molecular weight is 471 g/mol. The number of rotatable bonds is 3. The van der Waals surface area contributed by atoms with Crippen molar-refractivity contribution in [2.75, 3.05) is 6.61 Å². The summed E-state index contributed by atoms with van der Waals surface area (Å²) in [5.41, 5.74) is 0.879. The highest BCUT2D eigenvalue weighted by Gasteiger charge is 2.20. The normalized spacial score (nSPS) is 10.7. The summed E-state index contributed by atoms with van der Waals surface area (Å²) in [5.74, 6) is -0.860. The summed E-state index contributed by atoms with van der Waals surface area (Å²) in [6, 6.07) is 2.64. The largest absolute Gasteiger partial charge is 0.462 e. The fraction of sp³-hybridized carbons (Fsp3) is 0.167. The number of nitrogens with zero attached hydrogens (tertiary/aromatic N) is 2. The molecule has 0 fully saturated rings. The zero-order chi connectivity index (χ0) is 14.9. The van der Waals surface area contributed by atoms with Crippen LogP contribution in [0.15, 0.2) is 31.9 Å². The fourth-order valence-corrected chi connectivity index (χ4v) is 3.57. The minimum Gasteiger partial charge on any atom is -0.462 e. The molecule has 0 amide bonds. The molecule has 0 aliphatic heterocycles. The second kappa shape index (κ2) is 6.36. The molecule has 2 aromatic rings. The first-order chi connectivity index (χ1) is 9.45. The van der Waals surface area contributed by atoms with Gasteiger partial charge < -0.3 is 4.74 Å². The number of aromatic nitrogens is 2. The van der Waals surface area contributed by atoms with Gasteiger partial charge in [-0.25, -0.2) is 13.9 Å². The highest BCUT2D eigenvalue weighted by molar-refractivity contribution is 9.11. The van der Waals surface area contributed by atoms with Crippen molar-refractivity contribution in [2.24, 2.45) is 0 Å². The van der Waals surface area contributed by atoms with E-state index in [1.165, 1.54) is 23.0 Å². The smallest absolute Gasteiger partial charge is 0.342 e. The summed E-state index contributed by atoms with van der Waals surface area (Å²) in [5, 5.41) is 4.13. The summed E-state index contributed by atoms with van der Waals surface area (Å²) in [4.78, 5) is 11.7. The van der Waals surface area contributed by atoms with Crippen LogP contribution in [0.25, 0.3) is 5.69 Å². The Morgan fingerprint density at radius 2 is 1.95 bits per heavy atom. The molecule has 0 unspecified atom stereocenters. The van der Waals surface area contributed by atoms with Gasteiger partial charge in [-0.2, -0.15) is 5.10 Å². The van der Waals surface area contributed by atoms with Crippen LogP contribution in [0.5, 0.6) is 0 Å². The summed E-state index contributed by atoms with van der Waals surface area (Å²) in [6.45, 7) is 2.00. The van der Waals surface area contributed by atoms with E-state index in [-0.39, 0.29) is 12.4 Å². The number of hydrogen-bond donors (Lipinski definition) is 0. The molecular weight excluding hydrogens is 463 g/mol. The van der Waals surface area contributed by atoms with Gasteiger partial charge in [0.25, 0.3) is 0 Å². The fourth-order valence-electron chi connectivity index (χ4n) is 1.57. The van der Waals surface area contributed by atoms with E-state index in [9.17, 15) is 9.18 Å². The maximum Gasteiger partial charge on any atom is 0.342 e. The van der Waals surface area contributed by atoms with Crippen LogP contribution in [0.2, 0.25) is 0 Å². The van der Waals surface area contributed by atoms with Crippen molar-refractivity contribution in [3.63, 3.8) is 0 Å². The van der Waals surface area contributed by atoms with Crippen LogP contribution in [0, 0.1) is 5.82 Å². The van der Waals surface area contributed by atoms with Gasteiger partial charge in [-0.1, -0.05) is 0 Å². The van der Waals surface area contributed by atoms with Gasteiger partial charge in [0.15, 0.2) is 0 Å². The zero-order valence-corrected chi connectivity index (χ0v) is 14.9. The van der Waals surface area contributed by atoms with Gasteiger partial charge in [0.05, 0.1) is 18.5 Å². The minimum absolute atomic E-state index is 0.278. The van der Waals surface area contributed by atoms with Crippen LogP contribution < -0.4 is 0 Å². The van der Waals surface area contributed by atoms with Gasteiger partial charge in [-0.15, -0.1) is 0 Å². The number of carbonyl (C=O) groups excluding carboxylic acids is 1. The highest BCUT2D eigenvalue weighted by atomic mass is 79.9. The Morgan fingerprint density at radius 3 is 2.50 bits per heavy atom. The number of ether oxygens (including phenoxy) is 1. The summed E-state index contributed by atoms with van der Waals surface area (Å²) < 4.78 is 21.1. The molecule has 20 heavy (non-hydrogen) atoms. The summed E-state index contributed by atoms with van der Waals surface area (Å²) >= 11 is 9.87. The van der Waals surface area contributed by atoms with Crippen molar-refractivity contribution in [2.45, 2.75) is 6.92 Å². The van der Waals surface area contributed by atoms with E-state index in [0.717, 1.165) is 0 Å². The molecule has 0 bridgehead atoms. The van der Waals surface area contributed by atoms with E-state index >= 15 is 0 Å². The van der Waals surface area contributed by atoms with Crippen molar-refractivity contribution in [3.05, 3.63) is 43.3 Å². The number of halogens is 4. The quantitative estimate of drug-likeness (QED) is 0.621. The number of hydrogen-bond acceptors (Lipinski definition) is 3. The highest BCUT2D eigenvalue weighted by Crippen LogP contribution is 2.33. The summed E-state index contributed by atoms with van der Waals surface area (Å²) in [6.07, 6.45) is 1.39. The van der Waals surface area contributed by atoms with Crippen LogP contribution in [-0.2, 0) is 4.74 Å². The molecule has 4 nitrogen and oxygen atoms in total. The van der Waals surface area contributed by atoms with Gasteiger partial charge in [0.2, 0.25) is 0 Å². The molecule has 1 aromatic carbocycles. The maximum absolute atomic E-state index is 13.3. The third kappa shape index (κ3) is 2.96. The van der Waals surface area contributed by atoms with E-state index in [2.05, 4.69) is 52.9 Å². The minimum atomic E-state index is -0.472. The summed E-state index contributed by atoms with van der Waals surface area (Å²) in [7, 11) is 0. The molecular formula is C12H8Br3FN2O2. The van der Waals surface area contributed by atoms with E-state index in [1.54, 1.807) is 6.92 Å². The van der Waals surface area contributed by atoms with Gasteiger partial charge in [0.1, 0.15) is 16.0 Å². The van der Waals surface area contributed by atoms with Crippen molar-refractivity contribution < 1.29 is 13.9 Å². The molecule has 0 saturated heterocycles. The van der Waals surface area contributed by atoms with Crippen LogP contribution in [0.1, 0.15) is 17.3 Å². The van der Waals surface area contributed by atoms with Crippen LogP contribution in [-0.4, -0.2) is 22.4 Å². The molecule has 1 aromatic heterocycles. The maximum atomic E-state index is 13.3. The predicted molar refractivity (Wildman–Crippen MR) is 82.6 cm³/mol. The van der Waals surface area contributed by atoms with Crippen LogP contribution in [0.3, 0.4) is 0 Å². The molecule has 0 N–H and O–H groups in total. The lowest BCUT2D eigenvalue weighted by molar-refractivity contribution is 0.0525. The number of benzene rings is 1. The lowest BCUT2D eigenvalue weighted by atomic mass is 10.3. The molecule has 0 aliphatic carbocycles. The van der Waals surface area contributed by atoms with Crippen molar-refractivity contribution in [1.29, 1.82) is 0 Å². The first-order valence-electron chi connectivity index (χ1n) is 5.51. The Kier molecular flexibility index (Phi) is 4.98. The molecule has 2 rings (SSSR count). The molecule has 0 aliphatic rings. The Bertz CT molecular complexity index is 650. The number of esters is 1. The molecule has 0 radical (unpaired) electrons. The Balaban J connectivity index is 2.53. The second-order valence-electron chi connectivity index (χ2n) is 3.70. The first-order valence-corrected chi connectivity index (χ1v) is 7.89. The SMILES string of the molecule is CCOC(=O)c1cnn(-c2c(Br)cc(F)cc2Br)c1Br. The zero-order valence-electron chi connectivity index (χ0n) is 10.2. The second-order valence-corrected chi connectivity index (χ2v) is 6.16. The lowest BCUT2D eigenvalue weighted by Gasteiger charge is -2.09. The number of carbonyl (C=O) groups is 1. The monoisotopic (exact) mass is 468 g/mol. The Morgan fingerprint density at radius 1 is 1.35 bits per heavy atom. The van der Waals surface area contributed by atoms with Crippen molar-refractivity contribution in [3.8, 4) is 5.69 Å². The predicted octanol–water partition coefficient (Wildman–Crippen LogP) is 4.48. The van der Waals surface area contributed by atoms with Crippen molar-refractivity contribution in [1.82, 2.24) is 9.78 Å². The first kappa shape index (κ1) is 15.7. The molecule has 0 atom stereocenters. The van der Waals surface area contributed by atoms with E-state index in [4.69, 9.17) is 4.74 Å². The molecule has 8 heteroatoms. The molecule has 1 heterocycles. The molecule has 106 valence electrons. The third-order valence-corrected chi connectivity index (χ3v) is 4.37. The van der Waals surface area contributed by atoms with Gasteiger partial charge >= 0.3 is 5.97 Å². The standard InChI is InChI=1S/C12H8Br3FN2O2/c1-2-20-12(19)7-5-17-18(11(7)15)10-8(13)3-6(16)4-9(10)14/h3-5H,2H2,1H3. The van der Waals surface area contributed by atoms with Crippen LogP contribution >= 0.6 is 47.8 Å². The van der Waals surface area contributed by atoms with E-state index in [1.807, 2.05) is 0 Å². The van der Waals surface area contributed by atoms with Crippen molar-refractivity contribution >= 4 is 53.8 Å². The van der Waals surface area contributed by atoms with Crippen LogP contribution in [0.4, 0.5) is 4.39 Å².